The van der Waals surface area contributed by atoms with Crippen LogP contribution in [-0.4, -0.2) is 39.5 Å². The predicted molar refractivity (Wildman–Crippen MR) is 92.8 cm³/mol. The molecule has 1 amide bonds. The van der Waals surface area contributed by atoms with Gasteiger partial charge in [-0.15, -0.1) is 0 Å². The number of nitrogens with zero attached hydrogens (tertiary/aromatic N) is 1. The molecule has 1 fully saturated rings. The van der Waals surface area contributed by atoms with E-state index in [0.717, 1.165) is 31.2 Å². The molecule has 1 aliphatic rings. The van der Waals surface area contributed by atoms with Crippen molar-refractivity contribution >= 4 is 22.8 Å². The number of amides is 1. The zero-order chi connectivity index (χ0) is 17.1. The first-order valence-corrected chi connectivity index (χ1v) is 8.63. The van der Waals surface area contributed by atoms with Crippen LogP contribution in [0.4, 0.5) is 0 Å². The van der Waals surface area contributed by atoms with Gasteiger partial charge in [-0.05, 0) is 37.3 Å². The number of rotatable bonds is 8. The van der Waals surface area contributed by atoms with Gasteiger partial charge in [0.2, 0.25) is 5.91 Å². The number of carboxylic acids is 1. The van der Waals surface area contributed by atoms with E-state index in [1.54, 1.807) is 11.8 Å². The van der Waals surface area contributed by atoms with Crippen LogP contribution in [0.2, 0.25) is 0 Å². The maximum Gasteiger partial charge on any atom is 0.308 e. The largest absolute Gasteiger partial charge is 0.481 e. The van der Waals surface area contributed by atoms with Crippen molar-refractivity contribution in [3.05, 3.63) is 36.0 Å². The SMILES string of the molecule is CC(CN(C(=O)CCCc1c[nH]c2ccccc12)C1CC1)C(=O)O. The Morgan fingerprint density at radius 2 is 2.08 bits per heavy atom. The number of H-pyrrole nitrogens is 1. The van der Waals surface area contributed by atoms with Crippen LogP contribution in [0.25, 0.3) is 10.9 Å². The molecule has 5 nitrogen and oxygen atoms in total. The fraction of sp³-hybridized carbons (Fsp3) is 0.474. The van der Waals surface area contributed by atoms with Crippen molar-refractivity contribution in [1.29, 1.82) is 0 Å². The number of aromatic amines is 1. The smallest absolute Gasteiger partial charge is 0.308 e. The van der Waals surface area contributed by atoms with Crippen LogP contribution in [0.15, 0.2) is 30.5 Å². The third-order valence-electron chi connectivity index (χ3n) is 4.71. The molecular weight excluding hydrogens is 304 g/mol. The van der Waals surface area contributed by atoms with Gasteiger partial charge >= 0.3 is 5.97 Å². The molecule has 1 aromatic heterocycles. The fourth-order valence-electron chi connectivity index (χ4n) is 3.13. The minimum Gasteiger partial charge on any atom is -0.481 e. The van der Waals surface area contributed by atoms with E-state index in [9.17, 15) is 9.59 Å². The summed E-state index contributed by atoms with van der Waals surface area (Å²) in [6.07, 6.45) is 6.12. The molecule has 1 unspecified atom stereocenters. The zero-order valence-electron chi connectivity index (χ0n) is 14.0. The highest BCUT2D eigenvalue weighted by Crippen LogP contribution is 2.29. The molecular formula is C19H24N2O3. The van der Waals surface area contributed by atoms with Crippen LogP contribution < -0.4 is 0 Å². The van der Waals surface area contributed by atoms with E-state index in [1.807, 2.05) is 24.4 Å². The summed E-state index contributed by atoms with van der Waals surface area (Å²) in [5.41, 5.74) is 2.35. The minimum atomic E-state index is -0.841. The predicted octanol–water partition coefficient (Wildman–Crippen LogP) is 3.20. The van der Waals surface area contributed by atoms with E-state index in [1.165, 1.54) is 10.9 Å². The Kier molecular flexibility index (Phi) is 4.88. The molecule has 24 heavy (non-hydrogen) atoms. The average Bonchev–Trinajstić information content (AvgIpc) is 3.33. The van der Waals surface area contributed by atoms with Crippen LogP contribution >= 0.6 is 0 Å². The van der Waals surface area contributed by atoms with Crippen molar-refractivity contribution in [2.75, 3.05) is 6.54 Å². The van der Waals surface area contributed by atoms with Crippen molar-refractivity contribution < 1.29 is 14.7 Å². The monoisotopic (exact) mass is 328 g/mol. The second-order valence-electron chi connectivity index (χ2n) is 6.73. The minimum absolute atomic E-state index is 0.0884. The molecule has 1 saturated carbocycles. The summed E-state index contributed by atoms with van der Waals surface area (Å²) in [5, 5.41) is 10.3. The molecule has 0 radical (unpaired) electrons. The number of fused-ring (bicyclic) bond motifs is 1. The Morgan fingerprint density at radius 1 is 1.33 bits per heavy atom. The number of hydrogen-bond donors (Lipinski definition) is 2. The summed E-state index contributed by atoms with van der Waals surface area (Å²) in [7, 11) is 0. The summed E-state index contributed by atoms with van der Waals surface area (Å²) in [6.45, 7) is 1.99. The topological polar surface area (TPSA) is 73.4 Å². The summed E-state index contributed by atoms with van der Waals surface area (Å²) >= 11 is 0. The van der Waals surface area contributed by atoms with Crippen LogP contribution in [0.5, 0.6) is 0 Å². The molecule has 0 saturated heterocycles. The lowest BCUT2D eigenvalue weighted by Gasteiger charge is -2.24. The summed E-state index contributed by atoms with van der Waals surface area (Å²) in [6, 6.07) is 8.42. The number of aryl methyl sites for hydroxylation is 1. The molecule has 0 aliphatic heterocycles. The standard InChI is InChI=1S/C19H24N2O3/c1-13(19(23)24)12-21(15-9-10-15)18(22)8-4-5-14-11-20-17-7-3-2-6-16(14)17/h2-3,6-7,11,13,15,20H,4-5,8-10,12H2,1H3,(H,23,24). The molecule has 2 N–H and O–H groups in total. The molecule has 3 rings (SSSR count). The molecule has 2 aromatic rings. The Morgan fingerprint density at radius 3 is 2.79 bits per heavy atom. The number of aliphatic carboxylic acids is 1. The first-order chi connectivity index (χ1) is 11.6. The van der Waals surface area contributed by atoms with Crippen LogP contribution in [0.1, 0.15) is 38.2 Å². The number of carboxylic acid groups (broad SMARTS) is 1. The van der Waals surface area contributed by atoms with Gasteiger partial charge in [0.1, 0.15) is 0 Å². The normalized spacial score (nSPS) is 15.4. The van der Waals surface area contributed by atoms with Crippen molar-refractivity contribution in [2.45, 2.75) is 45.1 Å². The third-order valence-corrected chi connectivity index (χ3v) is 4.71. The molecule has 1 heterocycles. The second-order valence-corrected chi connectivity index (χ2v) is 6.73. The maximum absolute atomic E-state index is 12.5. The first kappa shape index (κ1) is 16.6. The Labute approximate surface area is 141 Å². The van der Waals surface area contributed by atoms with Crippen molar-refractivity contribution in [3.8, 4) is 0 Å². The van der Waals surface area contributed by atoms with Gasteiger partial charge in [-0.25, -0.2) is 0 Å². The van der Waals surface area contributed by atoms with Crippen molar-refractivity contribution in [1.82, 2.24) is 9.88 Å². The van der Waals surface area contributed by atoms with Crippen LogP contribution in [0.3, 0.4) is 0 Å². The number of nitrogens with one attached hydrogen (secondary N) is 1. The Bertz CT molecular complexity index is 733. The Balaban J connectivity index is 1.55. The van der Waals surface area contributed by atoms with Gasteiger partial charge < -0.3 is 15.0 Å². The van der Waals surface area contributed by atoms with Crippen molar-refractivity contribution in [3.63, 3.8) is 0 Å². The lowest BCUT2D eigenvalue weighted by Crippen LogP contribution is -2.38. The zero-order valence-corrected chi connectivity index (χ0v) is 14.0. The third kappa shape index (κ3) is 3.78. The number of carbonyl (C=O) groups excluding carboxylic acids is 1. The maximum atomic E-state index is 12.5. The highest BCUT2D eigenvalue weighted by molar-refractivity contribution is 5.83. The van der Waals surface area contributed by atoms with Crippen LogP contribution in [-0.2, 0) is 16.0 Å². The fourth-order valence-corrected chi connectivity index (χ4v) is 3.13. The Hall–Kier alpha value is -2.30. The summed E-state index contributed by atoms with van der Waals surface area (Å²) in [4.78, 5) is 28.6. The average molecular weight is 328 g/mol. The molecule has 1 atom stereocenters. The highest BCUT2D eigenvalue weighted by atomic mass is 16.4. The van der Waals surface area contributed by atoms with Crippen LogP contribution in [0, 0.1) is 5.92 Å². The van der Waals surface area contributed by atoms with Gasteiger partial charge in [-0.3, -0.25) is 9.59 Å². The number of aromatic nitrogens is 1. The van der Waals surface area contributed by atoms with E-state index in [4.69, 9.17) is 5.11 Å². The van der Waals surface area contributed by atoms with E-state index < -0.39 is 11.9 Å². The van der Waals surface area contributed by atoms with Gasteiger partial charge in [0.25, 0.3) is 0 Å². The van der Waals surface area contributed by atoms with Gasteiger partial charge in [0, 0.05) is 36.1 Å². The van der Waals surface area contributed by atoms with Gasteiger partial charge in [-0.2, -0.15) is 0 Å². The molecule has 0 bridgehead atoms. The molecule has 1 aliphatic carbocycles. The number of benzene rings is 1. The van der Waals surface area contributed by atoms with E-state index in [-0.39, 0.29) is 11.9 Å². The highest BCUT2D eigenvalue weighted by Gasteiger charge is 2.34. The van der Waals surface area contributed by atoms with Gasteiger partial charge in [0.05, 0.1) is 5.92 Å². The van der Waals surface area contributed by atoms with Gasteiger partial charge in [0.15, 0.2) is 0 Å². The molecule has 0 spiro atoms. The summed E-state index contributed by atoms with van der Waals surface area (Å²) < 4.78 is 0. The summed E-state index contributed by atoms with van der Waals surface area (Å²) in [5.74, 6) is -1.26. The number of para-hydroxylation sites is 1. The molecule has 5 heteroatoms. The molecule has 128 valence electrons. The molecule has 1 aromatic carbocycles. The lowest BCUT2D eigenvalue weighted by atomic mass is 10.1. The lowest BCUT2D eigenvalue weighted by molar-refractivity contribution is -0.143. The van der Waals surface area contributed by atoms with E-state index in [0.29, 0.717) is 13.0 Å². The van der Waals surface area contributed by atoms with E-state index >= 15 is 0 Å². The van der Waals surface area contributed by atoms with Gasteiger partial charge in [-0.1, -0.05) is 25.1 Å². The van der Waals surface area contributed by atoms with E-state index in [2.05, 4.69) is 11.1 Å². The number of carbonyl (C=O) groups is 2. The quantitative estimate of drug-likeness (QED) is 0.781. The number of hydrogen-bond acceptors (Lipinski definition) is 2. The first-order valence-electron chi connectivity index (χ1n) is 8.63. The second kappa shape index (κ2) is 7.07. The van der Waals surface area contributed by atoms with Crippen molar-refractivity contribution in [2.24, 2.45) is 5.92 Å².